The minimum absolute atomic E-state index is 0.0204. The Labute approximate surface area is 154 Å². The zero-order chi connectivity index (χ0) is 18.5. The molecule has 0 spiro atoms. The van der Waals surface area contributed by atoms with Crippen LogP contribution in [0.15, 0.2) is 70.1 Å². The largest absolute Gasteiger partial charge is 0.469 e. The Morgan fingerprint density at radius 2 is 1.96 bits per heavy atom. The molecule has 6 heteroatoms. The number of benzene rings is 2. The summed E-state index contributed by atoms with van der Waals surface area (Å²) in [6.07, 6.45) is 2.76. The fourth-order valence-electron chi connectivity index (χ4n) is 2.38. The van der Waals surface area contributed by atoms with Crippen LogP contribution >= 0.6 is 11.6 Å². The van der Waals surface area contributed by atoms with Crippen molar-refractivity contribution in [3.63, 3.8) is 0 Å². The molecular formula is C20H15ClO5. The van der Waals surface area contributed by atoms with E-state index in [4.69, 9.17) is 20.8 Å². The van der Waals surface area contributed by atoms with Gasteiger partial charge in [0, 0.05) is 10.6 Å². The van der Waals surface area contributed by atoms with Crippen LogP contribution in [0.5, 0.6) is 5.75 Å². The standard InChI is InChI=1S/C20H15ClO5/c1-24-17(22)8-5-11-25-20-18(23)15-12-14(21)9-10-16(15)26-19(20)13-6-3-2-4-7-13/h2-7,9-12H,8H2,1H3/b11-5-. The normalized spacial score (nSPS) is 11.0. The molecule has 0 aliphatic heterocycles. The Morgan fingerprint density at radius 1 is 1.19 bits per heavy atom. The molecule has 0 aliphatic carbocycles. The minimum Gasteiger partial charge on any atom is -0.469 e. The van der Waals surface area contributed by atoms with Gasteiger partial charge in [-0.2, -0.15) is 0 Å². The first-order valence-corrected chi connectivity index (χ1v) is 8.18. The zero-order valence-corrected chi connectivity index (χ0v) is 14.7. The third kappa shape index (κ3) is 3.78. The van der Waals surface area contributed by atoms with Gasteiger partial charge in [0.2, 0.25) is 11.2 Å². The van der Waals surface area contributed by atoms with Gasteiger partial charge in [0.25, 0.3) is 0 Å². The van der Waals surface area contributed by atoms with Gasteiger partial charge in [-0.3, -0.25) is 9.59 Å². The van der Waals surface area contributed by atoms with Crippen LogP contribution in [0.25, 0.3) is 22.3 Å². The van der Waals surface area contributed by atoms with Crippen LogP contribution in [0, 0.1) is 0 Å². The highest BCUT2D eigenvalue weighted by Gasteiger charge is 2.17. The monoisotopic (exact) mass is 370 g/mol. The van der Waals surface area contributed by atoms with Crippen LogP contribution < -0.4 is 10.2 Å². The number of carbonyl (C=O) groups is 1. The fraction of sp³-hybridized carbons (Fsp3) is 0.100. The summed E-state index contributed by atoms with van der Waals surface area (Å²) < 4.78 is 16.0. The maximum Gasteiger partial charge on any atom is 0.309 e. The van der Waals surface area contributed by atoms with E-state index in [1.54, 1.807) is 12.1 Å². The highest BCUT2D eigenvalue weighted by atomic mass is 35.5. The second kappa shape index (κ2) is 7.89. The molecular weight excluding hydrogens is 356 g/mol. The van der Waals surface area contributed by atoms with Gasteiger partial charge in [-0.25, -0.2) is 0 Å². The van der Waals surface area contributed by atoms with Crippen molar-refractivity contribution in [1.82, 2.24) is 0 Å². The van der Waals surface area contributed by atoms with Gasteiger partial charge in [-0.1, -0.05) is 41.9 Å². The molecule has 0 unspecified atom stereocenters. The number of esters is 1. The minimum atomic E-state index is -0.412. The van der Waals surface area contributed by atoms with Crippen LogP contribution in [0.3, 0.4) is 0 Å². The van der Waals surface area contributed by atoms with E-state index in [9.17, 15) is 9.59 Å². The summed E-state index contributed by atoms with van der Waals surface area (Å²) >= 11 is 5.99. The molecule has 5 nitrogen and oxygen atoms in total. The predicted molar refractivity (Wildman–Crippen MR) is 99.3 cm³/mol. The Bertz CT molecular complexity index is 1020. The maximum atomic E-state index is 12.9. The lowest BCUT2D eigenvalue weighted by molar-refractivity contribution is -0.139. The molecule has 0 aliphatic rings. The summed E-state index contributed by atoms with van der Waals surface area (Å²) in [4.78, 5) is 24.1. The zero-order valence-electron chi connectivity index (χ0n) is 13.9. The van der Waals surface area contributed by atoms with Crippen LogP contribution in [-0.2, 0) is 9.53 Å². The fourth-order valence-corrected chi connectivity index (χ4v) is 2.55. The third-order valence-corrected chi connectivity index (χ3v) is 3.88. The van der Waals surface area contributed by atoms with E-state index < -0.39 is 5.97 Å². The Balaban J connectivity index is 2.10. The summed E-state index contributed by atoms with van der Waals surface area (Å²) in [5, 5.41) is 0.734. The first kappa shape index (κ1) is 17.8. The van der Waals surface area contributed by atoms with Gasteiger partial charge in [0.1, 0.15) is 5.58 Å². The summed E-state index contributed by atoms with van der Waals surface area (Å²) in [5.41, 5.74) is 0.747. The maximum absolute atomic E-state index is 12.9. The molecule has 3 rings (SSSR count). The summed E-state index contributed by atoms with van der Waals surface area (Å²) in [6, 6.07) is 14.0. The molecule has 1 aromatic heterocycles. The quantitative estimate of drug-likeness (QED) is 0.486. The second-order valence-electron chi connectivity index (χ2n) is 5.37. The van der Waals surface area contributed by atoms with E-state index in [2.05, 4.69) is 4.74 Å². The number of carbonyl (C=O) groups excluding carboxylic acids is 1. The molecule has 0 saturated heterocycles. The van der Waals surface area contributed by atoms with Crippen molar-refractivity contribution in [3.05, 3.63) is 76.1 Å². The van der Waals surface area contributed by atoms with Crippen LogP contribution in [0.1, 0.15) is 6.42 Å². The van der Waals surface area contributed by atoms with Gasteiger partial charge in [0.15, 0.2) is 5.76 Å². The molecule has 0 amide bonds. The van der Waals surface area contributed by atoms with E-state index in [-0.39, 0.29) is 17.6 Å². The molecule has 26 heavy (non-hydrogen) atoms. The SMILES string of the molecule is COC(=O)C/C=C\Oc1c(-c2ccccc2)oc2ccc(Cl)cc2c1=O. The average Bonchev–Trinajstić information content (AvgIpc) is 2.67. The highest BCUT2D eigenvalue weighted by molar-refractivity contribution is 6.31. The van der Waals surface area contributed by atoms with Gasteiger partial charge in [0.05, 0.1) is 25.2 Å². The van der Waals surface area contributed by atoms with Gasteiger partial charge < -0.3 is 13.9 Å². The van der Waals surface area contributed by atoms with E-state index in [1.165, 1.54) is 25.5 Å². The number of rotatable bonds is 5. The summed E-state index contributed by atoms with van der Waals surface area (Å²) in [7, 11) is 1.30. The molecule has 0 saturated carbocycles. The Kier molecular flexibility index (Phi) is 5.39. The molecule has 0 radical (unpaired) electrons. The van der Waals surface area contributed by atoms with Crippen LogP contribution in [-0.4, -0.2) is 13.1 Å². The molecule has 132 valence electrons. The Morgan fingerprint density at radius 3 is 2.69 bits per heavy atom. The number of fused-ring (bicyclic) bond motifs is 1. The van der Waals surface area contributed by atoms with Crippen molar-refractivity contribution in [2.75, 3.05) is 7.11 Å². The van der Waals surface area contributed by atoms with Crippen molar-refractivity contribution in [2.24, 2.45) is 0 Å². The predicted octanol–water partition coefficient (Wildman–Crippen LogP) is 4.57. The van der Waals surface area contributed by atoms with Gasteiger partial charge in [-0.05, 0) is 24.3 Å². The van der Waals surface area contributed by atoms with E-state index >= 15 is 0 Å². The number of hydrogen-bond donors (Lipinski definition) is 0. The van der Waals surface area contributed by atoms with E-state index in [1.807, 2.05) is 30.3 Å². The second-order valence-corrected chi connectivity index (χ2v) is 5.80. The molecule has 0 N–H and O–H groups in total. The molecule has 2 aromatic carbocycles. The summed E-state index contributed by atoms with van der Waals surface area (Å²) in [5.74, 6) is -0.0920. The molecule has 0 bridgehead atoms. The number of hydrogen-bond acceptors (Lipinski definition) is 5. The first-order chi connectivity index (χ1) is 12.6. The van der Waals surface area contributed by atoms with Gasteiger partial charge >= 0.3 is 5.97 Å². The Hall–Kier alpha value is -3.05. The molecule has 0 fully saturated rings. The number of ether oxygens (including phenoxy) is 2. The highest BCUT2D eigenvalue weighted by Crippen LogP contribution is 2.31. The first-order valence-electron chi connectivity index (χ1n) is 7.80. The van der Waals surface area contributed by atoms with Crippen molar-refractivity contribution >= 4 is 28.5 Å². The van der Waals surface area contributed by atoms with Gasteiger partial charge in [-0.15, -0.1) is 0 Å². The van der Waals surface area contributed by atoms with Crippen LogP contribution in [0.2, 0.25) is 5.02 Å². The van der Waals surface area contributed by atoms with Crippen molar-refractivity contribution in [1.29, 1.82) is 0 Å². The van der Waals surface area contributed by atoms with Crippen LogP contribution in [0.4, 0.5) is 0 Å². The van der Waals surface area contributed by atoms with Crippen molar-refractivity contribution < 1.29 is 18.7 Å². The lowest BCUT2D eigenvalue weighted by atomic mass is 10.1. The molecule has 1 heterocycles. The van der Waals surface area contributed by atoms with Crippen molar-refractivity contribution in [2.45, 2.75) is 6.42 Å². The van der Waals surface area contributed by atoms with E-state index in [0.29, 0.717) is 27.3 Å². The molecule has 3 aromatic rings. The smallest absolute Gasteiger partial charge is 0.309 e. The van der Waals surface area contributed by atoms with E-state index in [0.717, 1.165) is 0 Å². The lowest BCUT2D eigenvalue weighted by Crippen LogP contribution is -2.07. The lowest BCUT2D eigenvalue weighted by Gasteiger charge is -2.09. The number of halogens is 1. The van der Waals surface area contributed by atoms with Crippen molar-refractivity contribution in [3.8, 4) is 17.1 Å². The topological polar surface area (TPSA) is 65.7 Å². The number of methoxy groups -OCH3 is 1. The molecule has 0 atom stereocenters. The average molecular weight is 371 g/mol. The third-order valence-electron chi connectivity index (χ3n) is 3.64. The summed E-state index contributed by atoms with van der Waals surface area (Å²) in [6.45, 7) is 0.